The molecule has 0 aliphatic heterocycles. The molecule has 0 aromatic heterocycles. The molecule has 0 bridgehead atoms. The van der Waals surface area contributed by atoms with Gasteiger partial charge in [-0.2, -0.15) is 0 Å². The van der Waals surface area contributed by atoms with Crippen LogP contribution in [0.5, 0.6) is 0 Å². The first kappa shape index (κ1) is 27.5. The second kappa shape index (κ2) is 20.6. The zero-order chi connectivity index (χ0) is 19.4. The van der Waals surface area contributed by atoms with Crippen LogP contribution in [0.3, 0.4) is 0 Å². The first-order chi connectivity index (χ1) is 11.8. The molecule has 9 heteroatoms. The van der Waals surface area contributed by atoms with E-state index in [1.54, 1.807) is 0 Å². The Morgan fingerprint density at radius 2 is 0.960 bits per heavy atom. The maximum atomic E-state index is 11.5. The van der Waals surface area contributed by atoms with E-state index in [9.17, 15) is 4.57 Å². The molecule has 0 atom stereocenters. The average Bonchev–Trinajstić information content (AvgIpc) is 2.51. The smallest absolute Gasteiger partial charge is 0.311 e. The zero-order valence-electron chi connectivity index (χ0n) is 15.8. The van der Waals surface area contributed by atoms with Crippen molar-refractivity contribution < 1.29 is 32.9 Å². The number of rotatable bonds is 16. The van der Waals surface area contributed by atoms with Gasteiger partial charge in [0.2, 0.25) is 0 Å². The molecule has 0 rings (SSSR count). The van der Waals surface area contributed by atoms with Gasteiger partial charge < -0.3 is 23.7 Å². The van der Waals surface area contributed by atoms with E-state index in [1.165, 1.54) is 64.2 Å². The van der Waals surface area contributed by atoms with Crippen molar-refractivity contribution in [1.82, 2.24) is 0 Å². The van der Waals surface area contributed by atoms with Gasteiger partial charge in [-0.05, 0) is 12.8 Å². The van der Waals surface area contributed by atoms with Crippen molar-refractivity contribution in [1.29, 1.82) is 0 Å². The summed E-state index contributed by atoms with van der Waals surface area (Å²) < 4.78 is 30.8. The van der Waals surface area contributed by atoms with Crippen molar-refractivity contribution in [3.05, 3.63) is 0 Å². The Balaban J connectivity index is 0. The lowest BCUT2D eigenvalue weighted by Gasteiger charge is -2.06. The van der Waals surface area contributed by atoms with Crippen molar-refractivity contribution >= 4 is 16.1 Å². The minimum absolute atomic E-state index is 0.584. The normalized spacial score (nSPS) is 11.4. The monoisotopic (exact) mass is 404 g/mol. The molecule has 0 spiro atoms. The van der Waals surface area contributed by atoms with E-state index in [-0.39, 0.29) is 0 Å². The Hall–Kier alpha value is 0.260. The molecular formula is C16H38O7P2. The third kappa shape index (κ3) is 36.1. The quantitative estimate of drug-likeness (QED) is 0.239. The lowest BCUT2D eigenvalue weighted by Crippen LogP contribution is -1.92. The minimum atomic E-state index is -4.64. The largest absolute Gasteiger partial charge is 0.466 e. The van der Waals surface area contributed by atoms with Crippen LogP contribution in [0.1, 0.15) is 90.9 Å². The van der Waals surface area contributed by atoms with Gasteiger partial charge in [-0.1, -0.05) is 78.1 Å². The Kier molecular flexibility index (Phi) is 22.6. The van der Waals surface area contributed by atoms with E-state index in [4.69, 9.17) is 28.3 Å². The Morgan fingerprint density at radius 3 is 1.28 bits per heavy atom. The molecule has 0 aliphatic rings. The van der Waals surface area contributed by atoms with Gasteiger partial charge in [0.05, 0.1) is 13.2 Å². The minimum Gasteiger partial charge on any atom is -0.311 e. The molecule has 7 nitrogen and oxygen atoms in total. The highest BCUT2D eigenvalue weighted by Gasteiger charge is 2.00. The number of unbranched alkanes of at least 4 members (excludes halogenated alkanes) is 10. The summed E-state index contributed by atoms with van der Waals surface area (Å²) in [4.78, 5) is 21.6. The molecule has 3 N–H and O–H groups in total. The van der Waals surface area contributed by atoms with E-state index in [0.29, 0.717) is 13.2 Å². The summed E-state index contributed by atoms with van der Waals surface area (Å²) in [6.45, 7) is 5.60. The fraction of sp³-hybridized carbons (Fsp3) is 1.00. The van der Waals surface area contributed by atoms with Gasteiger partial charge in [0.1, 0.15) is 0 Å². The topological polar surface area (TPSA) is 113 Å². The van der Waals surface area contributed by atoms with Crippen LogP contribution >= 0.6 is 16.1 Å². The van der Waals surface area contributed by atoms with Crippen LogP contribution in [0.25, 0.3) is 0 Å². The standard InChI is InChI=1S/C16H35O3P.H3O4P/c1-3-5-7-9-11-13-15-18-20(17)19-16-14-12-10-8-6-4-2;1-5(2,3)4/h20H,3-16H2,1-2H3;(H3,1,2,3,4). The van der Waals surface area contributed by atoms with E-state index >= 15 is 0 Å². The highest BCUT2D eigenvalue weighted by Crippen LogP contribution is 2.26. The summed E-state index contributed by atoms with van der Waals surface area (Å²) in [6.07, 6.45) is 14.7. The van der Waals surface area contributed by atoms with E-state index < -0.39 is 16.1 Å². The molecule has 0 unspecified atom stereocenters. The molecule has 0 aromatic rings. The lowest BCUT2D eigenvalue weighted by atomic mass is 10.1. The maximum Gasteiger partial charge on any atom is 0.466 e. The fourth-order valence-corrected chi connectivity index (χ4v) is 2.82. The third-order valence-corrected chi connectivity index (χ3v) is 4.32. The summed E-state index contributed by atoms with van der Waals surface area (Å²) in [5.74, 6) is 0. The van der Waals surface area contributed by atoms with Crippen LogP contribution in [0, 0.1) is 0 Å². The SMILES string of the molecule is CCCCCCCCO[PH](=O)OCCCCCCCC.O=P(O)(O)O. The summed E-state index contributed by atoms with van der Waals surface area (Å²) in [5, 5.41) is 0. The average molecular weight is 404 g/mol. The highest BCUT2D eigenvalue weighted by molar-refractivity contribution is 7.45. The molecule has 0 saturated carbocycles. The zero-order valence-corrected chi connectivity index (χ0v) is 17.7. The van der Waals surface area contributed by atoms with Crippen molar-refractivity contribution in [3.63, 3.8) is 0 Å². The van der Waals surface area contributed by atoms with Crippen LogP contribution in [0.4, 0.5) is 0 Å². The van der Waals surface area contributed by atoms with Crippen LogP contribution in [-0.2, 0) is 18.2 Å². The number of hydrogen-bond acceptors (Lipinski definition) is 4. The first-order valence-electron chi connectivity index (χ1n) is 9.39. The van der Waals surface area contributed by atoms with Gasteiger partial charge in [-0.3, -0.25) is 4.57 Å². The highest BCUT2D eigenvalue weighted by atomic mass is 31.2. The Morgan fingerprint density at radius 1 is 0.680 bits per heavy atom. The molecule has 0 heterocycles. The van der Waals surface area contributed by atoms with Gasteiger partial charge in [0.25, 0.3) is 0 Å². The van der Waals surface area contributed by atoms with Crippen LogP contribution < -0.4 is 0 Å². The van der Waals surface area contributed by atoms with Crippen LogP contribution in [0.2, 0.25) is 0 Å². The summed E-state index contributed by atoms with van der Waals surface area (Å²) in [6, 6.07) is 0. The van der Waals surface area contributed by atoms with Gasteiger partial charge in [-0.25, -0.2) is 4.57 Å². The van der Waals surface area contributed by atoms with Gasteiger partial charge in [-0.15, -0.1) is 0 Å². The van der Waals surface area contributed by atoms with Crippen molar-refractivity contribution in [2.45, 2.75) is 90.9 Å². The molecule has 0 aliphatic carbocycles. The second-order valence-corrected chi connectivity index (χ2v) is 8.10. The second-order valence-electron chi connectivity index (χ2n) is 6.00. The van der Waals surface area contributed by atoms with E-state index in [1.807, 2.05) is 0 Å². The van der Waals surface area contributed by atoms with Crippen LogP contribution in [-0.4, -0.2) is 27.9 Å². The third-order valence-electron chi connectivity index (χ3n) is 3.44. The fourth-order valence-electron chi connectivity index (χ4n) is 2.12. The molecular weight excluding hydrogens is 366 g/mol. The summed E-state index contributed by atoms with van der Waals surface area (Å²) in [5.41, 5.74) is 0. The maximum absolute atomic E-state index is 11.5. The molecule has 0 amide bonds. The predicted molar refractivity (Wildman–Crippen MR) is 102 cm³/mol. The van der Waals surface area contributed by atoms with Crippen molar-refractivity contribution in [3.8, 4) is 0 Å². The summed E-state index contributed by atoms with van der Waals surface area (Å²) in [7, 11) is -6.87. The van der Waals surface area contributed by atoms with Crippen molar-refractivity contribution in [2.24, 2.45) is 0 Å². The molecule has 154 valence electrons. The summed E-state index contributed by atoms with van der Waals surface area (Å²) >= 11 is 0. The van der Waals surface area contributed by atoms with Crippen LogP contribution in [0.15, 0.2) is 0 Å². The Labute approximate surface area is 153 Å². The van der Waals surface area contributed by atoms with Gasteiger partial charge in [0, 0.05) is 0 Å². The molecule has 0 aromatic carbocycles. The predicted octanol–water partition coefficient (Wildman–Crippen LogP) is 5.20. The molecule has 25 heavy (non-hydrogen) atoms. The van der Waals surface area contributed by atoms with Crippen molar-refractivity contribution in [2.75, 3.05) is 13.2 Å². The molecule has 0 radical (unpaired) electrons. The van der Waals surface area contributed by atoms with E-state index in [2.05, 4.69) is 13.8 Å². The first-order valence-corrected chi connectivity index (χ1v) is 12.2. The lowest BCUT2D eigenvalue weighted by molar-refractivity contribution is 0.218. The number of hydrogen-bond donors (Lipinski definition) is 3. The Bertz CT molecular complexity index is 306. The van der Waals surface area contributed by atoms with E-state index in [0.717, 1.165) is 12.8 Å². The molecule has 0 fully saturated rings. The molecule has 0 saturated heterocycles. The number of phosphoric acid groups is 1. The van der Waals surface area contributed by atoms with Gasteiger partial charge >= 0.3 is 16.1 Å². The van der Waals surface area contributed by atoms with Gasteiger partial charge in [0.15, 0.2) is 0 Å².